The van der Waals surface area contributed by atoms with E-state index < -0.39 is 5.97 Å². The van der Waals surface area contributed by atoms with Gasteiger partial charge in [0.1, 0.15) is 0 Å². The highest BCUT2D eigenvalue weighted by Crippen LogP contribution is 2.15. The molecule has 4 nitrogen and oxygen atoms in total. The summed E-state index contributed by atoms with van der Waals surface area (Å²) in [6.45, 7) is 2.00. The zero-order chi connectivity index (χ0) is 9.14. The second-order valence-corrected chi connectivity index (χ2v) is 3.29. The first-order valence-electron chi connectivity index (χ1n) is 3.51. The Hall–Kier alpha value is -0.590. The maximum Gasteiger partial charge on any atom is 0.359 e. The Bertz CT molecular complexity index is 296. The minimum Gasteiger partial charge on any atom is -0.464 e. The van der Waals surface area contributed by atoms with Crippen molar-refractivity contribution in [3.8, 4) is 0 Å². The predicted molar refractivity (Wildman–Crippen MR) is 52.0 cm³/mol. The molecule has 0 unspecified atom stereocenters. The van der Waals surface area contributed by atoms with Crippen molar-refractivity contribution in [2.24, 2.45) is 0 Å². The number of aromatic nitrogens is 2. The molecule has 0 saturated carbocycles. The molecule has 0 bridgehead atoms. The minimum atomic E-state index is -0.393. The lowest BCUT2D eigenvalue weighted by Gasteiger charge is -1.93. The van der Waals surface area contributed by atoms with Crippen LogP contribution in [0.1, 0.15) is 23.1 Å². The van der Waals surface area contributed by atoms with E-state index in [0.29, 0.717) is 5.69 Å². The van der Waals surface area contributed by atoms with Gasteiger partial charge in [-0.25, -0.2) is 4.79 Å². The van der Waals surface area contributed by atoms with Gasteiger partial charge < -0.3 is 4.74 Å². The molecule has 0 aliphatic carbocycles. The van der Waals surface area contributed by atoms with E-state index in [9.17, 15) is 4.79 Å². The number of carbonyl (C=O) groups excluding carboxylic acids is 1. The van der Waals surface area contributed by atoms with Gasteiger partial charge in [0, 0.05) is 5.69 Å². The fourth-order valence-electron chi connectivity index (χ4n) is 0.831. The first-order valence-corrected chi connectivity index (χ1v) is 4.59. The molecular weight excluding hydrogens is 271 g/mol. The number of nitrogens with one attached hydrogen (secondary N) is 1. The molecule has 0 aromatic carbocycles. The summed E-state index contributed by atoms with van der Waals surface area (Å²) >= 11 is 2.08. The van der Waals surface area contributed by atoms with Crippen LogP contribution in [0.2, 0.25) is 0 Å². The van der Waals surface area contributed by atoms with E-state index >= 15 is 0 Å². The van der Waals surface area contributed by atoms with Gasteiger partial charge in [-0.05, 0) is 29.0 Å². The Morgan fingerprint density at radius 2 is 2.42 bits per heavy atom. The first kappa shape index (κ1) is 9.50. The number of esters is 1. The smallest absolute Gasteiger partial charge is 0.359 e. The third kappa shape index (κ3) is 1.60. The molecule has 0 fully saturated rings. The standard InChI is InChI=1S/C7H9IN2O2/c1-3-4-5(8)6(10-9-4)7(11)12-2/h3H2,1-2H3,(H,9,10). The van der Waals surface area contributed by atoms with Gasteiger partial charge in [0.2, 0.25) is 0 Å². The minimum absolute atomic E-state index is 0.370. The van der Waals surface area contributed by atoms with Crippen LogP contribution in [0.25, 0.3) is 0 Å². The van der Waals surface area contributed by atoms with Crippen molar-refractivity contribution in [2.75, 3.05) is 7.11 Å². The van der Waals surface area contributed by atoms with Crippen molar-refractivity contribution in [3.05, 3.63) is 15.0 Å². The highest BCUT2D eigenvalue weighted by Gasteiger charge is 2.16. The summed E-state index contributed by atoms with van der Waals surface area (Å²) in [6.07, 6.45) is 0.836. The third-order valence-corrected chi connectivity index (χ3v) is 2.67. The van der Waals surface area contributed by atoms with Crippen LogP contribution < -0.4 is 0 Å². The van der Waals surface area contributed by atoms with Crippen molar-refractivity contribution < 1.29 is 9.53 Å². The number of hydrogen-bond acceptors (Lipinski definition) is 3. The zero-order valence-electron chi connectivity index (χ0n) is 6.85. The monoisotopic (exact) mass is 280 g/mol. The number of nitrogens with zero attached hydrogens (tertiary/aromatic N) is 1. The van der Waals surface area contributed by atoms with Crippen molar-refractivity contribution in [1.29, 1.82) is 0 Å². The van der Waals surface area contributed by atoms with Gasteiger partial charge in [0.05, 0.1) is 10.7 Å². The van der Waals surface area contributed by atoms with Crippen LogP contribution in [0.5, 0.6) is 0 Å². The molecule has 0 spiro atoms. The van der Waals surface area contributed by atoms with E-state index in [0.717, 1.165) is 15.7 Å². The van der Waals surface area contributed by atoms with Crippen LogP contribution in [-0.4, -0.2) is 23.3 Å². The summed E-state index contributed by atoms with van der Waals surface area (Å²) in [6, 6.07) is 0. The molecule has 0 aliphatic heterocycles. The van der Waals surface area contributed by atoms with E-state index in [-0.39, 0.29) is 0 Å². The van der Waals surface area contributed by atoms with Crippen molar-refractivity contribution in [3.63, 3.8) is 0 Å². The Kier molecular flexibility index (Phi) is 3.07. The van der Waals surface area contributed by atoms with Crippen LogP contribution >= 0.6 is 22.6 Å². The molecule has 0 radical (unpaired) electrons. The maximum atomic E-state index is 11.1. The highest BCUT2D eigenvalue weighted by molar-refractivity contribution is 14.1. The normalized spacial score (nSPS) is 9.92. The molecule has 1 aromatic rings. The average molecular weight is 280 g/mol. The molecule has 1 N–H and O–H groups in total. The number of hydrogen-bond donors (Lipinski definition) is 1. The van der Waals surface area contributed by atoms with E-state index in [4.69, 9.17) is 0 Å². The SMILES string of the molecule is CCc1[nH]nc(C(=O)OC)c1I. The molecule has 0 aliphatic rings. The van der Waals surface area contributed by atoms with Crippen molar-refractivity contribution in [1.82, 2.24) is 10.2 Å². The number of methoxy groups -OCH3 is 1. The summed E-state index contributed by atoms with van der Waals surface area (Å²) in [7, 11) is 1.35. The Balaban J connectivity index is 3.02. The average Bonchev–Trinajstić information content (AvgIpc) is 2.45. The summed E-state index contributed by atoms with van der Waals surface area (Å²) in [5.74, 6) is -0.393. The molecule has 1 aromatic heterocycles. The van der Waals surface area contributed by atoms with E-state index in [1.54, 1.807) is 0 Å². The van der Waals surface area contributed by atoms with E-state index in [2.05, 4.69) is 37.5 Å². The van der Waals surface area contributed by atoms with Crippen molar-refractivity contribution in [2.45, 2.75) is 13.3 Å². The fraction of sp³-hybridized carbons (Fsp3) is 0.429. The molecule has 0 atom stereocenters. The van der Waals surface area contributed by atoms with Crippen LogP contribution in [0.4, 0.5) is 0 Å². The molecule has 5 heteroatoms. The lowest BCUT2D eigenvalue weighted by molar-refractivity contribution is 0.0593. The number of halogens is 1. The van der Waals surface area contributed by atoms with Gasteiger partial charge in [-0.1, -0.05) is 6.92 Å². The number of rotatable bonds is 2. The van der Waals surface area contributed by atoms with Crippen LogP contribution in [0.3, 0.4) is 0 Å². The molecule has 1 heterocycles. The van der Waals surface area contributed by atoms with Crippen LogP contribution in [-0.2, 0) is 11.2 Å². The van der Waals surface area contributed by atoms with Crippen LogP contribution in [0, 0.1) is 3.57 Å². The summed E-state index contributed by atoms with van der Waals surface area (Å²) < 4.78 is 5.40. The fourth-order valence-corrected chi connectivity index (χ4v) is 1.67. The number of ether oxygens (including phenoxy) is 1. The summed E-state index contributed by atoms with van der Waals surface area (Å²) in [5.41, 5.74) is 1.34. The summed E-state index contributed by atoms with van der Waals surface area (Å²) in [5, 5.41) is 6.63. The summed E-state index contributed by atoms with van der Waals surface area (Å²) in [4.78, 5) is 11.1. The Labute approximate surface area is 83.8 Å². The van der Waals surface area contributed by atoms with E-state index in [1.165, 1.54) is 7.11 Å². The predicted octanol–water partition coefficient (Wildman–Crippen LogP) is 1.36. The number of aromatic amines is 1. The number of carbonyl (C=O) groups is 1. The highest BCUT2D eigenvalue weighted by atomic mass is 127. The zero-order valence-corrected chi connectivity index (χ0v) is 9.01. The Morgan fingerprint density at radius 1 is 1.75 bits per heavy atom. The van der Waals surface area contributed by atoms with Gasteiger partial charge in [0.25, 0.3) is 0 Å². The number of aryl methyl sites for hydroxylation is 1. The molecule has 1 rings (SSSR count). The molecule has 12 heavy (non-hydrogen) atoms. The van der Waals surface area contributed by atoms with Crippen molar-refractivity contribution >= 4 is 28.6 Å². The van der Waals surface area contributed by atoms with Crippen LogP contribution in [0.15, 0.2) is 0 Å². The second kappa shape index (κ2) is 3.88. The van der Waals surface area contributed by atoms with Gasteiger partial charge in [-0.2, -0.15) is 5.10 Å². The molecule has 0 amide bonds. The van der Waals surface area contributed by atoms with Gasteiger partial charge in [0.15, 0.2) is 5.69 Å². The lowest BCUT2D eigenvalue weighted by atomic mass is 10.3. The third-order valence-electron chi connectivity index (χ3n) is 1.51. The first-order chi connectivity index (χ1) is 5.70. The second-order valence-electron chi connectivity index (χ2n) is 2.21. The number of H-pyrrole nitrogens is 1. The largest absolute Gasteiger partial charge is 0.464 e. The molecular formula is C7H9IN2O2. The molecule has 0 saturated heterocycles. The van der Waals surface area contributed by atoms with Gasteiger partial charge in [-0.3, -0.25) is 5.10 Å². The topological polar surface area (TPSA) is 55.0 Å². The van der Waals surface area contributed by atoms with Gasteiger partial charge in [-0.15, -0.1) is 0 Å². The maximum absolute atomic E-state index is 11.1. The quantitative estimate of drug-likeness (QED) is 0.657. The van der Waals surface area contributed by atoms with E-state index in [1.807, 2.05) is 6.92 Å². The molecule has 66 valence electrons. The Morgan fingerprint density at radius 3 is 2.83 bits per heavy atom. The van der Waals surface area contributed by atoms with Gasteiger partial charge >= 0.3 is 5.97 Å². The lowest BCUT2D eigenvalue weighted by Crippen LogP contribution is -2.03.